The molecule has 2 aliphatic heterocycles. The van der Waals surface area contributed by atoms with Crippen LogP contribution >= 0.6 is 0 Å². The fourth-order valence-corrected chi connectivity index (χ4v) is 4.63. The summed E-state index contributed by atoms with van der Waals surface area (Å²) >= 11 is 0. The maximum Gasteiger partial charge on any atom is 0.259 e. The molecule has 9 heteroatoms. The van der Waals surface area contributed by atoms with E-state index in [1.54, 1.807) is 12.1 Å². The first-order chi connectivity index (χ1) is 15.9. The van der Waals surface area contributed by atoms with Crippen LogP contribution in [0.2, 0.25) is 0 Å². The number of carbonyl (C=O) groups excluding carboxylic acids is 2. The molecular formula is C24H28FN5O3. The highest BCUT2D eigenvalue weighted by Crippen LogP contribution is 2.35. The van der Waals surface area contributed by atoms with Gasteiger partial charge in [-0.2, -0.15) is 0 Å². The molecule has 0 aromatic heterocycles. The normalized spacial score (nSPS) is 20.9. The maximum absolute atomic E-state index is 14.6. The summed E-state index contributed by atoms with van der Waals surface area (Å²) in [4.78, 5) is 30.3. The van der Waals surface area contributed by atoms with Crippen LogP contribution in [0.15, 0.2) is 36.4 Å². The van der Waals surface area contributed by atoms with Gasteiger partial charge in [-0.15, -0.1) is 0 Å². The van der Waals surface area contributed by atoms with E-state index in [1.165, 1.54) is 18.0 Å². The van der Waals surface area contributed by atoms with E-state index in [-0.39, 0.29) is 17.9 Å². The van der Waals surface area contributed by atoms with Crippen molar-refractivity contribution in [2.24, 2.45) is 0 Å². The molecule has 1 saturated heterocycles. The second-order valence-electron chi connectivity index (χ2n) is 8.85. The fourth-order valence-electron chi connectivity index (χ4n) is 4.63. The molecular weight excluding hydrogens is 425 g/mol. The molecule has 2 amide bonds. The third-order valence-corrected chi connectivity index (χ3v) is 6.59. The van der Waals surface area contributed by atoms with Crippen molar-refractivity contribution in [3.8, 4) is 0 Å². The fraction of sp³-hybridized carbons (Fsp3) is 0.417. The van der Waals surface area contributed by atoms with Gasteiger partial charge in [-0.1, -0.05) is 6.07 Å². The lowest BCUT2D eigenvalue weighted by molar-refractivity contribution is 0.0149. The average molecular weight is 454 g/mol. The number of aliphatic hydroxyl groups is 1. The molecule has 8 nitrogen and oxygen atoms in total. The van der Waals surface area contributed by atoms with Gasteiger partial charge in [0.05, 0.1) is 16.9 Å². The van der Waals surface area contributed by atoms with Crippen LogP contribution in [0.1, 0.15) is 39.1 Å². The Morgan fingerprint density at radius 2 is 1.91 bits per heavy atom. The van der Waals surface area contributed by atoms with Gasteiger partial charge in [0.25, 0.3) is 11.8 Å². The summed E-state index contributed by atoms with van der Waals surface area (Å²) in [7, 11) is 1.52. The number of carbonyl (C=O) groups is 2. The zero-order valence-corrected chi connectivity index (χ0v) is 18.6. The van der Waals surface area contributed by atoms with Crippen LogP contribution in [-0.2, 0) is 6.54 Å². The number of anilines is 2. The summed E-state index contributed by atoms with van der Waals surface area (Å²) < 4.78 is 14.6. The highest BCUT2D eigenvalue weighted by molar-refractivity contribution is 6.02. The van der Waals surface area contributed by atoms with Gasteiger partial charge in [0.15, 0.2) is 0 Å². The Labute approximate surface area is 192 Å². The minimum atomic E-state index is -0.985. The summed E-state index contributed by atoms with van der Waals surface area (Å²) in [5.41, 5.74) is 3.13. The molecule has 0 spiro atoms. The van der Waals surface area contributed by atoms with Gasteiger partial charge in [0.1, 0.15) is 5.82 Å². The molecule has 174 valence electrons. The third-order valence-electron chi connectivity index (χ3n) is 6.59. The average Bonchev–Trinajstić information content (AvgIpc) is 3.64. The van der Waals surface area contributed by atoms with Crippen LogP contribution in [0.3, 0.4) is 0 Å². The first kappa shape index (κ1) is 21.7. The second kappa shape index (κ2) is 8.64. The van der Waals surface area contributed by atoms with Crippen molar-refractivity contribution in [3.63, 3.8) is 0 Å². The first-order valence-corrected chi connectivity index (χ1v) is 11.3. The topological polar surface area (TPSA) is 88.2 Å². The quantitative estimate of drug-likeness (QED) is 0.640. The number of aliphatic hydroxyl groups excluding tert-OH is 1. The molecule has 33 heavy (non-hydrogen) atoms. The van der Waals surface area contributed by atoms with E-state index in [9.17, 15) is 19.1 Å². The van der Waals surface area contributed by atoms with Gasteiger partial charge in [0.2, 0.25) is 6.35 Å². The van der Waals surface area contributed by atoms with Gasteiger partial charge in [-0.3, -0.25) is 19.4 Å². The van der Waals surface area contributed by atoms with E-state index < -0.39 is 12.2 Å². The molecule has 3 aliphatic rings. The van der Waals surface area contributed by atoms with Gasteiger partial charge in [-0.05, 0) is 48.7 Å². The lowest BCUT2D eigenvalue weighted by Crippen LogP contribution is -2.50. The highest BCUT2D eigenvalue weighted by Gasteiger charge is 2.40. The molecule has 2 heterocycles. The van der Waals surface area contributed by atoms with Crippen LogP contribution in [0.5, 0.6) is 0 Å². The Hall–Kier alpha value is -3.17. The van der Waals surface area contributed by atoms with Crippen molar-refractivity contribution in [2.45, 2.75) is 31.8 Å². The van der Waals surface area contributed by atoms with Crippen molar-refractivity contribution < 1.29 is 19.1 Å². The van der Waals surface area contributed by atoms with Gasteiger partial charge < -0.3 is 20.6 Å². The number of fused-ring (bicyclic) bond motifs is 1. The minimum Gasteiger partial charge on any atom is -0.367 e. The number of halogens is 1. The highest BCUT2D eigenvalue weighted by atomic mass is 19.1. The molecule has 1 unspecified atom stereocenters. The predicted octanol–water partition coefficient (Wildman–Crippen LogP) is 1.81. The maximum atomic E-state index is 14.6. The SMILES string of the molecule is CNC(=O)c1ccc(N2CCN(Cc3ccc4c(c3)NC(O)N(C3CC3)C4=O)CC2)c(F)c1. The summed E-state index contributed by atoms with van der Waals surface area (Å²) in [6, 6.07) is 10.5. The minimum absolute atomic E-state index is 0.122. The van der Waals surface area contributed by atoms with E-state index in [0.717, 1.165) is 31.5 Å². The largest absolute Gasteiger partial charge is 0.367 e. The molecule has 0 radical (unpaired) electrons. The van der Waals surface area contributed by atoms with Gasteiger partial charge >= 0.3 is 0 Å². The van der Waals surface area contributed by atoms with Gasteiger partial charge in [-0.25, -0.2) is 4.39 Å². The van der Waals surface area contributed by atoms with Crippen LogP contribution in [0, 0.1) is 5.82 Å². The number of nitrogens with one attached hydrogen (secondary N) is 2. The van der Waals surface area contributed by atoms with Crippen LogP contribution in [0.4, 0.5) is 15.8 Å². The Morgan fingerprint density at radius 1 is 1.15 bits per heavy atom. The molecule has 2 fully saturated rings. The molecule has 0 bridgehead atoms. The zero-order chi connectivity index (χ0) is 23.1. The Bertz CT molecular complexity index is 1080. The predicted molar refractivity (Wildman–Crippen MR) is 123 cm³/mol. The van der Waals surface area contributed by atoms with Crippen molar-refractivity contribution in [1.82, 2.24) is 15.1 Å². The van der Waals surface area contributed by atoms with Crippen molar-refractivity contribution >= 4 is 23.2 Å². The van der Waals surface area contributed by atoms with Crippen LogP contribution in [0.25, 0.3) is 0 Å². The van der Waals surface area contributed by atoms with Crippen molar-refractivity contribution in [1.29, 1.82) is 0 Å². The Morgan fingerprint density at radius 3 is 2.58 bits per heavy atom. The summed E-state index contributed by atoms with van der Waals surface area (Å²) in [6.07, 6.45) is 0.888. The zero-order valence-electron chi connectivity index (χ0n) is 18.6. The lowest BCUT2D eigenvalue weighted by atomic mass is 10.0. The van der Waals surface area contributed by atoms with E-state index >= 15 is 0 Å². The van der Waals surface area contributed by atoms with Crippen molar-refractivity contribution in [2.75, 3.05) is 43.4 Å². The number of rotatable bonds is 5. The third kappa shape index (κ3) is 4.26. The van der Waals surface area contributed by atoms with Crippen molar-refractivity contribution in [3.05, 3.63) is 58.9 Å². The molecule has 1 atom stereocenters. The Kier molecular flexibility index (Phi) is 5.67. The molecule has 5 rings (SSSR count). The van der Waals surface area contributed by atoms with E-state index in [1.807, 2.05) is 23.1 Å². The number of amides is 2. The second-order valence-corrected chi connectivity index (χ2v) is 8.85. The summed E-state index contributed by atoms with van der Waals surface area (Å²) in [6.45, 7) is 3.58. The van der Waals surface area contributed by atoms with Crippen LogP contribution in [-0.4, -0.2) is 72.3 Å². The van der Waals surface area contributed by atoms with E-state index in [4.69, 9.17) is 0 Å². The monoisotopic (exact) mass is 453 g/mol. The lowest BCUT2D eigenvalue weighted by Gasteiger charge is -2.37. The van der Waals surface area contributed by atoms with E-state index in [2.05, 4.69) is 15.5 Å². The molecule has 1 aliphatic carbocycles. The molecule has 2 aromatic carbocycles. The molecule has 2 aromatic rings. The molecule has 1 saturated carbocycles. The first-order valence-electron chi connectivity index (χ1n) is 11.3. The summed E-state index contributed by atoms with van der Waals surface area (Å²) in [5, 5.41) is 15.9. The van der Waals surface area contributed by atoms with Crippen LogP contribution < -0.4 is 15.5 Å². The van der Waals surface area contributed by atoms with Gasteiger partial charge in [0, 0.05) is 51.4 Å². The summed E-state index contributed by atoms with van der Waals surface area (Å²) in [5.74, 6) is -0.823. The number of piperazine rings is 1. The standard InChI is InChI=1S/C24H28FN5O3/c1-26-22(31)16-3-7-21(19(25)13-16)29-10-8-28(9-11-29)14-15-2-6-18-20(12-15)27-24(33)30(23(18)32)17-4-5-17/h2-3,6-7,12-13,17,24,27,33H,4-5,8-11,14H2,1H3,(H,26,31). The number of nitrogens with zero attached hydrogens (tertiary/aromatic N) is 3. The number of hydrogen-bond donors (Lipinski definition) is 3. The molecule has 3 N–H and O–H groups in total. The smallest absolute Gasteiger partial charge is 0.259 e. The van der Waals surface area contributed by atoms with E-state index in [0.29, 0.717) is 42.1 Å². The Balaban J connectivity index is 1.21. The number of hydrogen-bond acceptors (Lipinski definition) is 6. The number of benzene rings is 2.